The van der Waals surface area contributed by atoms with E-state index in [4.69, 9.17) is 0 Å². The van der Waals surface area contributed by atoms with Crippen LogP contribution in [0.1, 0.15) is 46.7 Å². The molecule has 4 nitrogen and oxygen atoms in total. The van der Waals surface area contributed by atoms with Gasteiger partial charge >= 0.3 is 0 Å². The molecule has 1 aromatic heterocycles. The molecule has 4 heteroatoms. The van der Waals surface area contributed by atoms with E-state index in [0.29, 0.717) is 5.41 Å². The van der Waals surface area contributed by atoms with Crippen molar-refractivity contribution in [1.29, 1.82) is 0 Å². The standard InChI is InChI=1S/C12H24N4/c1-11(2,3)9-12(4,5)13-7-10-8-16(6)15-14-10/h8,13H,7,9H2,1-6H3. The van der Waals surface area contributed by atoms with Gasteiger partial charge in [-0.2, -0.15) is 0 Å². The Hall–Kier alpha value is -0.900. The first-order valence-electron chi connectivity index (χ1n) is 5.78. The summed E-state index contributed by atoms with van der Waals surface area (Å²) in [5.74, 6) is 0. The molecule has 0 saturated heterocycles. The topological polar surface area (TPSA) is 42.7 Å². The van der Waals surface area contributed by atoms with Crippen LogP contribution >= 0.6 is 0 Å². The van der Waals surface area contributed by atoms with Crippen molar-refractivity contribution in [3.05, 3.63) is 11.9 Å². The van der Waals surface area contributed by atoms with Crippen LogP contribution in [0.25, 0.3) is 0 Å². The molecule has 0 aromatic carbocycles. The predicted molar refractivity (Wildman–Crippen MR) is 66.0 cm³/mol. The maximum Gasteiger partial charge on any atom is 0.0964 e. The Labute approximate surface area is 98.4 Å². The average Bonchev–Trinajstić information content (AvgIpc) is 2.44. The summed E-state index contributed by atoms with van der Waals surface area (Å²) in [6.45, 7) is 12.0. The van der Waals surface area contributed by atoms with Gasteiger partial charge in [-0.3, -0.25) is 4.68 Å². The Morgan fingerprint density at radius 2 is 1.88 bits per heavy atom. The number of nitrogens with zero attached hydrogens (tertiary/aromatic N) is 3. The molecule has 0 atom stereocenters. The van der Waals surface area contributed by atoms with Gasteiger partial charge in [0.05, 0.1) is 5.69 Å². The smallest absolute Gasteiger partial charge is 0.0964 e. The number of aryl methyl sites for hydroxylation is 1. The molecule has 16 heavy (non-hydrogen) atoms. The first kappa shape index (κ1) is 13.2. The van der Waals surface area contributed by atoms with Crippen LogP contribution in [0.2, 0.25) is 0 Å². The number of rotatable bonds is 4. The summed E-state index contributed by atoms with van der Waals surface area (Å²) in [4.78, 5) is 0. The van der Waals surface area contributed by atoms with Crippen molar-refractivity contribution in [2.75, 3.05) is 0 Å². The molecular weight excluding hydrogens is 200 g/mol. The molecule has 0 unspecified atom stereocenters. The van der Waals surface area contributed by atoms with Gasteiger partial charge in [-0.1, -0.05) is 26.0 Å². The summed E-state index contributed by atoms with van der Waals surface area (Å²) in [7, 11) is 1.89. The van der Waals surface area contributed by atoms with Crippen molar-refractivity contribution in [1.82, 2.24) is 20.3 Å². The van der Waals surface area contributed by atoms with Crippen molar-refractivity contribution < 1.29 is 0 Å². The van der Waals surface area contributed by atoms with E-state index in [9.17, 15) is 0 Å². The molecule has 0 saturated carbocycles. The van der Waals surface area contributed by atoms with E-state index in [1.165, 1.54) is 0 Å². The minimum Gasteiger partial charge on any atom is -0.306 e. The number of nitrogens with one attached hydrogen (secondary N) is 1. The third-order valence-corrected chi connectivity index (χ3v) is 2.37. The van der Waals surface area contributed by atoms with Crippen LogP contribution in [0.3, 0.4) is 0 Å². The second-order valence-electron chi connectivity index (χ2n) is 6.36. The zero-order valence-corrected chi connectivity index (χ0v) is 11.3. The van der Waals surface area contributed by atoms with Crippen LogP contribution in [-0.2, 0) is 13.6 Å². The van der Waals surface area contributed by atoms with Gasteiger partial charge in [0.15, 0.2) is 0 Å². The largest absolute Gasteiger partial charge is 0.306 e. The van der Waals surface area contributed by atoms with Gasteiger partial charge in [0.25, 0.3) is 0 Å². The van der Waals surface area contributed by atoms with Gasteiger partial charge in [0.1, 0.15) is 0 Å². The first-order valence-corrected chi connectivity index (χ1v) is 5.78. The Kier molecular flexibility index (Phi) is 3.73. The van der Waals surface area contributed by atoms with E-state index in [2.05, 4.69) is 50.2 Å². The average molecular weight is 224 g/mol. The lowest BCUT2D eigenvalue weighted by Crippen LogP contribution is -2.41. The Balaban J connectivity index is 2.47. The highest BCUT2D eigenvalue weighted by molar-refractivity contribution is 4.94. The fraction of sp³-hybridized carbons (Fsp3) is 0.833. The Bertz CT molecular complexity index is 333. The third kappa shape index (κ3) is 4.75. The van der Waals surface area contributed by atoms with Crippen molar-refractivity contribution in [2.24, 2.45) is 12.5 Å². The summed E-state index contributed by atoms with van der Waals surface area (Å²) in [6.07, 6.45) is 3.07. The van der Waals surface area contributed by atoms with Crippen LogP contribution in [0, 0.1) is 5.41 Å². The lowest BCUT2D eigenvalue weighted by atomic mass is 9.82. The highest BCUT2D eigenvalue weighted by atomic mass is 15.4. The van der Waals surface area contributed by atoms with Crippen LogP contribution in [0.15, 0.2) is 6.20 Å². The molecule has 0 fully saturated rings. The second kappa shape index (κ2) is 4.53. The summed E-state index contributed by atoms with van der Waals surface area (Å²) < 4.78 is 1.73. The molecule has 0 aliphatic carbocycles. The van der Waals surface area contributed by atoms with E-state index < -0.39 is 0 Å². The Morgan fingerprint density at radius 1 is 1.25 bits per heavy atom. The third-order valence-electron chi connectivity index (χ3n) is 2.37. The minimum absolute atomic E-state index is 0.121. The molecule has 0 bridgehead atoms. The fourth-order valence-electron chi connectivity index (χ4n) is 2.19. The highest BCUT2D eigenvalue weighted by Crippen LogP contribution is 2.26. The second-order valence-corrected chi connectivity index (χ2v) is 6.36. The maximum atomic E-state index is 4.07. The number of hydrogen-bond donors (Lipinski definition) is 1. The molecule has 92 valence electrons. The van der Waals surface area contributed by atoms with Gasteiger partial charge in [-0.15, -0.1) is 5.10 Å². The SMILES string of the molecule is Cn1cc(CNC(C)(C)CC(C)(C)C)nn1. The molecule has 0 spiro atoms. The molecule has 0 aliphatic heterocycles. The molecule has 1 heterocycles. The summed E-state index contributed by atoms with van der Waals surface area (Å²) in [6, 6.07) is 0. The summed E-state index contributed by atoms with van der Waals surface area (Å²) >= 11 is 0. The van der Waals surface area contributed by atoms with E-state index in [0.717, 1.165) is 18.7 Å². The van der Waals surface area contributed by atoms with Crippen LogP contribution in [0.4, 0.5) is 0 Å². The van der Waals surface area contributed by atoms with E-state index in [1.807, 2.05) is 13.2 Å². The lowest BCUT2D eigenvalue weighted by molar-refractivity contribution is 0.240. The summed E-state index contributed by atoms with van der Waals surface area (Å²) in [5.41, 5.74) is 1.44. The van der Waals surface area contributed by atoms with Crippen molar-refractivity contribution in [3.8, 4) is 0 Å². The van der Waals surface area contributed by atoms with Gasteiger partial charge in [-0.05, 0) is 25.7 Å². The fourth-order valence-corrected chi connectivity index (χ4v) is 2.19. The van der Waals surface area contributed by atoms with Crippen molar-refractivity contribution >= 4 is 0 Å². The van der Waals surface area contributed by atoms with Gasteiger partial charge in [0, 0.05) is 25.3 Å². The van der Waals surface area contributed by atoms with Crippen LogP contribution < -0.4 is 5.32 Å². The molecule has 0 amide bonds. The predicted octanol–water partition coefficient (Wildman–Crippen LogP) is 2.12. The van der Waals surface area contributed by atoms with Crippen LogP contribution in [-0.4, -0.2) is 20.5 Å². The number of hydrogen-bond acceptors (Lipinski definition) is 3. The molecular formula is C12H24N4. The number of aromatic nitrogens is 3. The molecule has 1 N–H and O–H groups in total. The van der Waals surface area contributed by atoms with Crippen LogP contribution in [0.5, 0.6) is 0 Å². The minimum atomic E-state index is 0.121. The molecule has 0 aliphatic rings. The zero-order valence-electron chi connectivity index (χ0n) is 11.3. The summed E-state index contributed by atoms with van der Waals surface area (Å²) in [5, 5.41) is 11.5. The lowest BCUT2D eigenvalue weighted by Gasteiger charge is -2.33. The van der Waals surface area contributed by atoms with Gasteiger partial charge in [-0.25, -0.2) is 0 Å². The van der Waals surface area contributed by atoms with Crippen molar-refractivity contribution in [2.45, 2.75) is 53.1 Å². The van der Waals surface area contributed by atoms with E-state index in [-0.39, 0.29) is 5.54 Å². The van der Waals surface area contributed by atoms with E-state index in [1.54, 1.807) is 4.68 Å². The maximum absolute atomic E-state index is 4.07. The normalized spacial score (nSPS) is 13.1. The first-order chi connectivity index (χ1) is 7.18. The van der Waals surface area contributed by atoms with Gasteiger partial charge in [0.2, 0.25) is 0 Å². The molecule has 0 radical (unpaired) electrons. The monoisotopic (exact) mass is 224 g/mol. The Morgan fingerprint density at radius 3 is 2.31 bits per heavy atom. The zero-order chi connectivity index (χ0) is 12.4. The van der Waals surface area contributed by atoms with E-state index >= 15 is 0 Å². The van der Waals surface area contributed by atoms with Gasteiger partial charge < -0.3 is 5.32 Å². The highest BCUT2D eigenvalue weighted by Gasteiger charge is 2.24. The molecule has 1 rings (SSSR count). The van der Waals surface area contributed by atoms with Crippen molar-refractivity contribution in [3.63, 3.8) is 0 Å². The molecule has 1 aromatic rings. The quantitative estimate of drug-likeness (QED) is 0.852.